The van der Waals surface area contributed by atoms with Crippen LogP contribution in [0.5, 0.6) is 0 Å². The van der Waals surface area contributed by atoms with E-state index in [2.05, 4.69) is 17.2 Å². The highest BCUT2D eigenvalue weighted by atomic mass is 35.5. The summed E-state index contributed by atoms with van der Waals surface area (Å²) in [7, 11) is 0. The summed E-state index contributed by atoms with van der Waals surface area (Å²) < 4.78 is 0. The highest BCUT2D eigenvalue weighted by molar-refractivity contribution is 6.34. The molecule has 1 N–H and O–H groups in total. The molecule has 0 saturated heterocycles. The molecular formula is C11H14Cl2N2. The van der Waals surface area contributed by atoms with Crippen molar-refractivity contribution in [2.75, 3.05) is 5.32 Å². The highest BCUT2D eigenvalue weighted by Crippen LogP contribution is 2.33. The van der Waals surface area contributed by atoms with E-state index < -0.39 is 0 Å². The van der Waals surface area contributed by atoms with Crippen molar-refractivity contribution in [3.63, 3.8) is 0 Å². The Labute approximate surface area is 100.0 Å². The summed E-state index contributed by atoms with van der Waals surface area (Å²) in [4.78, 5) is 4.03. The summed E-state index contributed by atoms with van der Waals surface area (Å²) >= 11 is 11.8. The molecule has 1 aromatic rings. The fourth-order valence-electron chi connectivity index (χ4n) is 1.99. The Morgan fingerprint density at radius 3 is 2.60 bits per heavy atom. The van der Waals surface area contributed by atoms with Crippen LogP contribution in [0.15, 0.2) is 6.07 Å². The minimum Gasteiger partial charge on any atom is -0.380 e. The van der Waals surface area contributed by atoms with Crippen LogP contribution in [0.2, 0.25) is 10.3 Å². The van der Waals surface area contributed by atoms with Crippen molar-refractivity contribution in [3.8, 4) is 0 Å². The van der Waals surface area contributed by atoms with Gasteiger partial charge in [0.05, 0.1) is 5.69 Å². The van der Waals surface area contributed by atoms with Gasteiger partial charge in [-0.3, -0.25) is 0 Å². The van der Waals surface area contributed by atoms with Gasteiger partial charge in [-0.25, -0.2) is 4.98 Å². The quantitative estimate of drug-likeness (QED) is 0.799. The van der Waals surface area contributed by atoms with Crippen LogP contribution in [0, 0.1) is 12.8 Å². The fraction of sp³-hybridized carbons (Fsp3) is 0.545. The van der Waals surface area contributed by atoms with Gasteiger partial charge in [-0.15, -0.1) is 0 Å². The van der Waals surface area contributed by atoms with Gasteiger partial charge in [0.25, 0.3) is 0 Å². The number of rotatable bonds is 2. The molecule has 15 heavy (non-hydrogen) atoms. The molecule has 82 valence electrons. The molecule has 0 aromatic carbocycles. The van der Waals surface area contributed by atoms with Crippen LogP contribution >= 0.6 is 23.2 Å². The van der Waals surface area contributed by atoms with Gasteiger partial charge in [0, 0.05) is 6.04 Å². The van der Waals surface area contributed by atoms with Gasteiger partial charge < -0.3 is 5.32 Å². The van der Waals surface area contributed by atoms with E-state index in [1.807, 2.05) is 13.0 Å². The summed E-state index contributed by atoms with van der Waals surface area (Å²) in [6.45, 7) is 4.25. The first-order valence-corrected chi connectivity index (χ1v) is 5.91. The average Bonchev–Trinajstić information content (AvgIpc) is 2.07. The molecule has 1 heterocycles. The third-order valence-electron chi connectivity index (χ3n) is 2.86. The van der Waals surface area contributed by atoms with Gasteiger partial charge in [0.2, 0.25) is 0 Å². The molecule has 0 spiro atoms. The normalized spacial score (nSPS) is 24.8. The summed E-state index contributed by atoms with van der Waals surface area (Å²) in [5.41, 5.74) is 1.98. The molecule has 1 aliphatic carbocycles. The van der Waals surface area contributed by atoms with Crippen LogP contribution in [0.4, 0.5) is 5.69 Å². The largest absolute Gasteiger partial charge is 0.380 e. The van der Waals surface area contributed by atoms with E-state index in [9.17, 15) is 0 Å². The molecule has 4 heteroatoms. The third kappa shape index (κ3) is 2.37. The molecule has 0 unspecified atom stereocenters. The van der Waals surface area contributed by atoms with E-state index in [1.54, 1.807) is 0 Å². The molecular weight excluding hydrogens is 231 g/mol. The summed E-state index contributed by atoms with van der Waals surface area (Å²) in [6.07, 6.45) is 2.41. The molecule has 1 fully saturated rings. The van der Waals surface area contributed by atoms with E-state index in [0.29, 0.717) is 16.3 Å². The smallest absolute Gasteiger partial charge is 0.154 e. The van der Waals surface area contributed by atoms with Crippen molar-refractivity contribution in [3.05, 3.63) is 21.9 Å². The number of aromatic nitrogens is 1. The topological polar surface area (TPSA) is 24.9 Å². The standard InChI is InChI=1S/C11H14Cl2N2/c1-6-3-8(4-6)14-10-7(2)5-9(12)15-11(10)13/h5-6,8,14H,3-4H2,1-2H3. The van der Waals surface area contributed by atoms with Crippen LogP contribution in [0.25, 0.3) is 0 Å². The van der Waals surface area contributed by atoms with Crippen molar-refractivity contribution < 1.29 is 0 Å². The van der Waals surface area contributed by atoms with E-state index >= 15 is 0 Å². The lowest BCUT2D eigenvalue weighted by Crippen LogP contribution is -2.34. The number of anilines is 1. The maximum atomic E-state index is 6.04. The lowest BCUT2D eigenvalue weighted by Gasteiger charge is -2.34. The maximum Gasteiger partial charge on any atom is 0.154 e. The van der Waals surface area contributed by atoms with Gasteiger partial charge in [0.15, 0.2) is 5.15 Å². The zero-order valence-electron chi connectivity index (χ0n) is 8.85. The Balaban J connectivity index is 2.14. The van der Waals surface area contributed by atoms with Crippen LogP contribution in [0.3, 0.4) is 0 Å². The van der Waals surface area contributed by atoms with Crippen LogP contribution < -0.4 is 5.32 Å². The van der Waals surface area contributed by atoms with Crippen molar-refractivity contribution in [2.24, 2.45) is 5.92 Å². The van der Waals surface area contributed by atoms with Gasteiger partial charge >= 0.3 is 0 Å². The second-order valence-electron chi connectivity index (χ2n) is 4.35. The van der Waals surface area contributed by atoms with E-state index in [-0.39, 0.29) is 0 Å². The van der Waals surface area contributed by atoms with Gasteiger partial charge in [-0.05, 0) is 37.3 Å². The van der Waals surface area contributed by atoms with E-state index in [1.165, 1.54) is 12.8 Å². The minimum absolute atomic E-state index is 0.449. The van der Waals surface area contributed by atoms with Gasteiger partial charge in [0.1, 0.15) is 5.15 Å². The maximum absolute atomic E-state index is 6.04. The summed E-state index contributed by atoms with van der Waals surface area (Å²) in [5.74, 6) is 0.821. The van der Waals surface area contributed by atoms with E-state index in [4.69, 9.17) is 23.2 Å². The second-order valence-corrected chi connectivity index (χ2v) is 5.09. The first-order valence-electron chi connectivity index (χ1n) is 5.15. The van der Waals surface area contributed by atoms with Crippen LogP contribution in [-0.4, -0.2) is 11.0 Å². The third-order valence-corrected chi connectivity index (χ3v) is 3.33. The van der Waals surface area contributed by atoms with Crippen molar-refractivity contribution in [2.45, 2.75) is 32.7 Å². The molecule has 0 radical (unpaired) electrons. The molecule has 2 nitrogen and oxygen atoms in total. The zero-order chi connectivity index (χ0) is 11.0. The van der Waals surface area contributed by atoms with Crippen molar-refractivity contribution in [1.82, 2.24) is 4.98 Å². The van der Waals surface area contributed by atoms with Gasteiger partial charge in [-0.1, -0.05) is 30.1 Å². The highest BCUT2D eigenvalue weighted by Gasteiger charge is 2.26. The first kappa shape index (κ1) is 11.0. The number of hydrogen-bond donors (Lipinski definition) is 1. The predicted molar refractivity (Wildman–Crippen MR) is 64.8 cm³/mol. The Hall–Kier alpha value is -0.470. The number of aryl methyl sites for hydroxylation is 1. The second kappa shape index (κ2) is 4.18. The molecule has 1 aliphatic rings. The molecule has 2 rings (SSSR count). The molecule has 0 bridgehead atoms. The lowest BCUT2D eigenvalue weighted by atomic mass is 9.82. The summed E-state index contributed by atoms with van der Waals surface area (Å²) in [5, 5.41) is 4.34. The molecule has 1 aromatic heterocycles. The van der Waals surface area contributed by atoms with E-state index in [0.717, 1.165) is 17.2 Å². The van der Waals surface area contributed by atoms with Gasteiger partial charge in [-0.2, -0.15) is 0 Å². The fourth-order valence-corrected chi connectivity index (χ4v) is 2.58. The van der Waals surface area contributed by atoms with Crippen LogP contribution in [0.1, 0.15) is 25.3 Å². The Kier molecular flexibility index (Phi) is 3.08. The Bertz CT molecular complexity index is 350. The number of nitrogens with zero attached hydrogens (tertiary/aromatic N) is 1. The molecule has 0 amide bonds. The molecule has 0 aliphatic heterocycles. The Morgan fingerprint density at radius 2 is 2.07 bits per heavy atom. The first-order chi connectivity index (χ1) is 7.06. The number of pyridine rings is 1. The SMILES string of the molecule is Cc1cc(Cl)nc(Cl)c1NC1CC(C)C1. The monoisotopic (exact) mass is 244 g/mol. The lowest BCUT2D eigenvalue weighted by molar-refractivity contribution is 0.309. The van der Waals surface area contributed by atoms with Crippen LogP contribution in [-0.2, 0) is 0 Å². The number of halogens is 2. The molecule has 1 saturated carbocycles. The van der Waals surface area contributed by atoms with Crippen molar-refractivity contribution >= 4 is 28.9 Å². The minimum atomic E-state index is 0.449. The summed E-state index contributed by atoms with van der Waals surface area (Å²) in [6, 6.07) is 2.37. The Morgan fingerprint density at radius 1 is 1.40 bits per heavy atom. The van der Waals surface area contributed by atoms with Crippen molar-refractivity contribution in [1.29, 1.82) is 0 Å². The molecule has 0 atom stereocenters. The zero-order valence-corrected chi connectivity index (χ0v) is 10.4. The predicted octanol–water partition coefficient (Wildman–Crippen LogP) is 3.91. The number of hydrogen-bond acceptors (Lipinski definition) is 2. The average molecular weight is 245 g/mol. The number of nitrogens with one attached hydrogen (secondary N) is 1.